The molecule has 1 aliphatic heterocycles. The van der Waals surface area contributed by atoms with Crippen molar-refractivity contribution in [1.82, 2.24) is 4.98 Å². The highest BCUT2D eigenvalue weighted by atomic mass is 32.1. The van der Waals surface area contributed by atoms with Gasteiger partial charge in [0.2, 0.25) is 0 Å². The number of hydrogen-bond acceptors (Lipinski definition) is 5. The molecule has 0 bridgehead atoms. The lowest BCUT2D eigenvalue weighted by Crippen LogP contribution is -2.65. The summed E-state index contributed by atoms with van der Waals surface area (Å²) in [5.41, 5.74) is 0.603. The Bertz CT molecular complexity index is 916. The Balaban J connectivity index is 1.67. The van der Waals surface area contributed by atoms with E-state index < -0.39 is 9.04 Å². The van der Waals surface area contributed by atoms with Crippen molar-refractivity contribution in [2.24, 2.45) is 11.3 Å². The molecule has 0 saturated carbocycles. The summed E-state index contributed by atoms with van der Waals surface area (Å²) in [4.78, 5) is 17.8. The molecule has 1 saturated heterocycles. The van der Waals surface area contributed by atoms with Crippen LogP contribution in [0.5, 0.6) is 0 Å². The highest BCUT2D eigenvalue weighted by Gasteiger charge is 2.48. The number of rotatable bonds is 6. The maximum atomic E-state index is 11.1. The van der Waals surface area contributed by atoms with E-state index in [0.29, 0.717) is 11.6 Å². The fraction of sp³-hybridized carbons (Fsp3) is 0.304. The molecule has 29 heavy (non-hydrogen) atoms. The van der Waals surface area contributed by atoms with Crippen LogP contribution in [0.4, 0.5) is 5.13 Å². The van der Waals surface area contributed by atoms with E-state index >= 15 is 0 Å². The topological polar surface area (TPSA) is 42.4 Å². The lowest BCUT2D eigenvalue weighted by atomic mass is 9.74. The van der Waals surface area contributed by atoms with Crippen molar-refractivity contribution in [1.29, 1.82) is 0 Å². The molecule has 149 valence electrons. The van der Waals surface area contributed by atoms with Gasteiger partial charge in [0.15, 0.2) is 11.4 Å². The number of carbonyl (C=O) groups is 1. The molecule has 0 amide bonds. The van der Waals surface area contributed by atoms with Gasteiger partial charge in [0.05, 0.1) is 0 Å². The number of anilines is 1. The molecular weight excluding hydrogens is 396 g/mol. The van der Waals surface area contributed by atoms with Gasteiger partial charge in [-0.3, -0.25) is 4.79 Å². The molecule has 0 N–H and O–H groups in total. The van der Waals surface area contributed by atoms with Gasteiger partial charge in [-0.1, -0.05) is 81.4 Å². The van der Waals surface area contributed by atoms with E-state index in [1.54, 1.807) is 0 Å². The molecule has 1 aromatic heterocycles. The average Bonchev–Trinajstić information content (AvgIpc) is 3.16. The molecule has 3 aromatic rings. The molecule has 4 rings (SSSR count). The number of nitrogens with zero attached hydrogens (tertiary/aromatic N) is 2. The van der Waals surface area contributed by atoms with Crippen LogP contribution >= 0.6 is 11.3 Å². The Hall–Kier alpha value is -2.28. The summed E-state index contributed by atoms with van der Waals surface area (Å²) in [5.74, 6) is 0.388. The molecule has 6 heteroatoms. The van der Waals surface area contributed by atoms with Crippen molar-refractivity contribution in [3.63, 3.8) is 0 Å². The Morgan fingerprint density at radius 1 is 1.07 bits per heavy atom. The van der Waals surface area contributed by atoms with Crippen LogP contribution in [-0.4, -0.2) is 33.1 Å². The normalized spacial score (nSPS) is 19.2. The predicted octanol–water partition coefficient (Wildman–Crippen LogP) is 3.59. The van der Waals surface area contributed by atoms with Crippen molar-refractivity contribution in [3.8, 4) is 0 Å². The van der Waals surface area contributed by atoms with Crippen LogP contribution in [0.1, 0.15) is 31.3 Å². The van der Waals surface area contributed by atoms with Crippen LogP contribution in [0, 0.1) is 11.3 Å². The molecular formula is C23H25N2O2SSi. The van der Waals surface area contributed by atoms with Gasteiger partial charge in [-0.2, -0.15) is 0 Å². The number of thiazole rings is 1. The third-order valence-corrected chi connectivity index (χ3v) is 8.43. The van der Waals surface area contributed by atoms with Gasteiger partial charge in [-0.25, -0.2) is 4.98 Å². The molecule has 1 aliphatic rings. The van der Waals surface area contributed by atoms with Crippen LogP contribution in [0.25, 0.3) is 0 Å². The minimum atomic E-state index is -1.42. The lowest BCUT2D eigenvalue weighted by Gasteiger charge is -2.53. The summed E-state index contributed by atoms with van der Waals surface area (Å²) in [6, 6.07) is 21.0. The van der Waals surface area contributed by atoms with Gasteiger partial charge in [0, 0.05) is 17.8 Å². The first kappa shape index (κ1) is 20.0. The van der Waals surface area contributed by atoms with Crippen molar-refractivity contribution in [2.45, 2.75) is 27.0 Å². The molecule has 0 spiro atoms. The third kappa shape index (κ3) is 4.20. The molecule has 2 aromatic carbocycles. The molecule has 1 radical (unpaired) electrons. The van der Waals surface area contributed by atoms with E-state index in [0.717, 1.165) is 18.0 Å². The molecule has 2 heterocycles. The molecule has 2 unspecified atom stereocenters. The minimum Gasteiger partial charge on any atom is -0.387 e. The largest absolute Gasteiger partial charge is 0.387 e. The van der Waals surface area contributed by atoms with E-state index in [1.807, 2.05) is 17.5 Å². The first-order valence-corrected chi connectivity index (χ1v) is 12.1. The average molecular weight is 422 g/mol. The zero-order chi connectivity index (χ0) is 20.4. The summed E-state index contributed by atoms with van der Waals surface area (Å²) in [7, 11) is -1.42. The second-order valence-electron chi connectivity index (χ2n) is 8.37. The summed E-state index contributed by atoms with van der Waals surface area (Å²) < 4.78 is 6.91. The molecule has 4 nitrogen and oxygen atoms in total. The van der Waals surface area contributed by atoms with Crippen molar-refractivity contribution in [2.75, 3.05) is 11.4 Å². The molecule has 1 fully saturated rings. The van der Waals surface area contributed by atoms with Crippen LogP contribution in [0.2, 0.25) is 0 Å². The van der Waals surface area contributed by atoms with Gasteiger partial charge in [-0.15, -0.1) is 11.3 Å². The fourth-order valence-corrected chi connectivity index (χ4v) is 6.52. The van der Waals surface area contributed by atoms with Crippen molar-refractivity contribution >= 4 is 42.2 Å². The van der Waals surface area contributed by atoms with Crippen molar-refractivity contribution in [3.05, 3.63) is 71.7 Å². The van der Waals surface area contributed by atoms with Gasteiger partial charge in [-0.05, 0) is 15.8 Å². The van der Waals surface area contributed by atoms with E-state index in [2.05, 4.69) is 79.2 Å². The van der Waals surface area contributed by atoms with E-state index in [9.17, 15) is 4.79 Å². The zero-order valence-corrected chi connectivity index (χ0v) is 18.7. The smallest absolute Gasteiger partial charge is 0.285 e. The first-order chi connectivity index (χ1) is 14.0. The van der Waals surface area contributed by atoms with E-state index in [1.165, 1.54) is 21.7 Å². The number of carbonyl (C=O) groups excluding carboxylic acids is 1. The number of hydrogen-bond donors (Lipinski definition) is 0. The Morgan fingerprint density at radius 2 is 1.66 bits per heavy atom. The second kappa shape index (κ2) is 8.22. The second-order valence-corrected chi connectivity index (χ2v) is 11.3. The third-order valence-electron chi connectivity index (χ3n) is 5.34. The highest BCUT2D eigenvalue weighted by Crippen LogP contribution is 2.43. The molecule has 2 atom stereocenters. The van der Waals surface area contributed by atoms with Crippen LogP contribution in [-0.2, 0) is 4.43 Å². The highest BCUT2D eigenvalue weighted by molar-refractivity contribution is 7.13. The van der Waals surface area contributed by atoms with Crippen LogP contribution in [0.3, 0.4) is 0 Å². The predicted molar refractivity (Wildman–Crippen MR) is 121 cm³/mol. The first-order valence-electron chi connectivity index (χ1n) is 9.79. The van der Waals surface area contributed by atoms with Crippen LogP contribution in [0.15, 0.2) is 66.0 Å². The summed E-state index contributed by atoms with van der Waals surface area (Å²) in [6.07, 6.45) is 0.745. The molecule has 0 aliphatic carbocycles. The van der Waals surface area contributed by atoms with E-state index in [4.69, 9.17) is 4.43 Å². The van der Waals surface area contributed by atoms with Gasteiger partial charge in [0.1, 0.15) is 11.9 Å². The Kier molecular flexibility index (Phi) is 5.67. The fourth-order valence-electron chi connectivity index (χ4n) is 3.58. The number of aldehydes is 1. The quantitative estimate of drug-likeness (QED) is 0.451. The number of benzene rings is 2. The van der Waals surface area contributed by atoms with Gasteiger partial charge in [0.25, 0.3) is 9.04 Å². The van der Waals surface area contributed by atoms with Crippen molar-refractivity contribution < 1.29 is 9.22 Å². The maximum Gasteiger partial charge on any atom is 0.285 e. The summed E-state index contributed by atoms with van der Waals surface area (Å²) >= 11 is 1.51. The summed E-state index contributed by atoms with van der Waals surface area (Å²) in [6.45, 7) is 7.68. The monoisotopic (exact) mass is 421 g/mol. The summed E-state index contributed by atoms with van der Waals surface area (Å²) in [5, 5.41) is 5.14. The Morgan fingerprint density at radius 3 is 2.14 bits per heavy atom. The van der Waals surface area contributed by atoms with Gasteiger partial charge >= 0.3 is 0 Å². The zero-order valence-electron chi connectivity index (χ0n) is 16.9. The maximum absolute atomic E-state index is 11.1. The van der Waals surface area contributed by atoms with E-state index in [-0.39, 0.29) is 11.6 Å². The minimum absolute atomic E-state index is 0.0602. The Labute approximate surface area is 177 Å². The standard InChI is InChI=1S/C23H25N2O2SSi/c1-23(2,3)20-14-25(22-24-17(15-26)16-28-22)21(20)27-29(18-10-6-4-7-11-18)19-12-8-5-9-13-19/h4-13,15-16,20-21H,14H2,1-3H3. The SMILES string of the molecule is CC(C)(C)C1CN(c2nc(C=O)cs2)C1O[Si](c1ccccc1)c1ccccc1. The lowest BCUT2D eigenvalue weighted by molar-refractivity contribution is 0.00495. The number of aromatic nitrogens is 1. The van der Waals surface area contributed by atoms with Gasteiger partial charge < -0.3 is 9.33 Å². The van der Waals surface area contributed by atoms with Crippen LogP contribution < -0.4 is 15.3 Å².